The minimum absolute atomic E-state index is 0.324. The van der Waals surface area contributed by atoms with Crippen LogP contribution in [0.15, 0.2) is 36.7 Å². The Kier molecular flexibility index (Phi) is 3.57. The van der Waals surface area contributed by atoms with Crippen molar-refractivity contribution in [2.75, 3.05) is 7.11 Å². The number of carbonyl (C=O) groups is 1. The van der Waals surface area contributed by atoms with Gasteiger partial charge in [-0.3, -0.25) is 0 Å². The summed E-state index contributed by atoms with van der Waals surface area (Å²) in [6, 6.07) is 7.21. The van der Waals surface area contributed by atoms with Gasteiger partial charge in [0.15, 0.2) is 0 Å². The quantitative estimate of drug-likeness (QED) is 0.776. The highest BCUT2D eigenvalue weighted by Gasteiger charge is 2.03. The monoisotopic (exact) mass is 242 g/mol. The number of aryl methyl sites for hydroxylation is 1. The number of rotatable bonds is 3. The summed E-state index contributed by atoms with van der Waals surface area (Å²) < 4.78 is 6.57. The summed E-state index contributed by atoms with van der Waals surface area (Å²) in [5.74, 6) is 0.557. The Morgan fingerprint density at radius 2 is 2.00 bits per heavy atom. The lowest BCUT2D eigenvalue weighted by molar-refractivity contribution is 0.0601. The van der Waals surface area contributed by atoms with Gasteiger partial charge in [0.2, 0.25) is 0 Å². The zero-order valence-corrected chi connectivity index (χ0v) is 10.3. The van der Waals surface area contributed by atoms with E-state index < -0.39 is 0 Å². The molecule has 0 aliphatic rings. The summed E-state index contributed by atoms with van der Waals surface area (Å²) in [4.78, 5) is 15.5. The molecule has 0 saturated heterocycles. The van der Waals surface area contributed by atoms with Crippen LogP contribution in [-0.2, 0) is 11.8 Å². The summed E-state index contributed by atoms with van der Waals surface area (Å²) in [6.45, 7) is 0. The highest BCUT2D eigenvalue weighted by Crippen LogP contribution is 2.09. The molecule has 0 aliphatic heterocycles. The Hall–Kier alpha value is -2.36. The fourth-order valence-electron chi connectivity index (χ4n) is 1.56. The maximum atomic E-state index is 11.3. The topological polar surface area (TPSA) is 44.1 Å². The SMILES string of the molecule is COC(=O)c1ccc(C=Cc2nccn2C)cc1. The second-order valence-electron chi connectivity index (χ2n) is 3.84. The predicted molar refractivity (Wildman–Crippen MR) is 69.9 cm³/mol. The third-order valence-electron chi connectivity index (χ3n) is 2.62. The van der Waals surface area contributed by atoms with Gasteiger partial charge in [0.05, 0.1) is 12.7 Å². The average Bonchev–Trinajstić information content (AvgIpc) is 2.81. The second kappa shape index (κ2) is 5.31. The first-order valence-electron chi connectivity index (χ1n) is 5.54. The minimum Gasteiger partial charge on any atom is -0.465 e. The molecule has 1 aromatic heterocycles. The highest BCUT2D eigenvalue weighted by atomic mass is 16.5. The summed E-state index contributed by atoms with van der Waals surface area (Å²) in [5, 5.41) is 0. The van der Waals surface area contributed by atoms with Crippen molar-refractivity contribution >= 4 is 18.1 Å². The molecule has 4 nitrogen and oxygen atoms in total. The number of hydrogen-bond donors (Lipinski definition) is 0. The molecule has 0 N–H and O–H groups in total. The Balaban J connectivity index is 2.14. The standard InChI is InChI=1S/C14H14N2O2/c1-16-10-9-15-13(16)8-5-11-3-6-12(7-4-11)14(17)18-2/h3-10H,1-2H3. The van der Waals surface area contributed by atoms with E-state index in [2.05, 4.69) is 9.72 Å². The maximum Gasteiger partial charge on any atom is 0.337 e. The van der Waals surface area contributed by atoms with Crippen LogP contribution in [0.4, 0.5) is 0 Å². The van der Waals surface area contributed by atoms with Gasteiger partial charge in [-0.05, 0) is 23.8 Å². The van der Waals surface area contributed by atoms with Crippen molar-refractivity contribution in [3.8, 4) is 0 Å². The number of nitrogens with zero attached hydrogens (tertiary/aromatic N) is 2. The number of carbonyl (C=O) groups excluding carboxylic acids is 1. The van der Waals surface area contributed by atoms with Crippen molar-refractivity contribution in [2.24, 2.45) is 7.05 Å². The minimum atomic E-state index is -0.324. The van der Waals surface area contributed by atoms with Gasteiger partial charge in [-0.25, -0.2) is 9.78 Å². The van der Waals surface area contributed by atoms with E-state index in [9.17, 15) is 4.79 Å². The van der Waals surface area contributed by atoms with Gasteiger partial charge >= 0.3 is 5.97 Å². The van der Waals surface area contributed by atoms with E-state index in [0.29, 0.717) is 5.56 Å². The van der Waals surface area contributed by atoms with Crippen LogP contribution < -0.4 is 0 Å². The Labute approximate surface area is 106 Å². The zero-order valence-electron chi connectivity index (χ0n) is 10.3. The van der Waals surface area contributed by atoms with Crippen LogP contribution in [0.25, 0.3) is 12.2 Å². The predicted octanol–water partition coefficient (Wildman–Crippen LogP) is 2.38. The third-order valence-corrected chi connectivity index (χ3v) is 2.62. The molecule has 0 bridgehead atoms. The lowest BCUT2D eigenvalue weighted by Crippen LogP contribution is -2.00. The normalized spacial score (nSPS) is 10.8. The van der Waals surface area contributed by atoms with E-state index >= 15 is 0 Å². The van der Waals surface area contributed by atoms with Crippen LogP contribution in [0.2, 0.25) is 0 Å². The van der Waals surface area contributed by atoms with E-state index in [1.54, 1.807) is 18.3 Å². The Bertz CT molecular complexity index is 568. The van der Waals surface area contributed by atoms with Crippen LogP contribution in [0, 0.1) is 0 Å². The lowest BCUT2D eigenvalue weighted by atomic mass is 10.1. The van der Waals surface area contributed by atoms with Crippen LogP contribution in [0.3, 0.4) is 0 Å². The first kappa shape index (κ1) is 12.1. The zero-order chi connectivity index (χ0) is 13.0. The molecule has 2 rings (SSSR count). The maximum absolute atomic E-state index is 11.3. The van der Waals surface area contributed by atoms with E-state index in [0.717, 1.165) is 11.4 Å². The van der Waals surface area contributed by atoms with Gasteiger partial charge in [-0.2, -0.15) is 0 Å². The molecule has 0 unspecified atom stereocenters. The van der Waals surface area contributed by atoms with Crippen LogP contribution in [-0.4, -0.2) is 22.6 Å². The Morgan fingerprint density at radius 3 is 2.56 bits per heavy atom. The van der Waals surface area contributed by atoms with Crippen LogP contribution in [0.5, 0.6) is 0 Å². The van der Waals surface area contributed by atoms with Gasteiger partial charge in [-0.15, -0.1) is 0 Å². The first-order valence-corrected chi connectivity index (χ1v) is 5.54. The number of ether oxygens (including phenoxy) is 1. The number of hydrogen-bond acceptors (Lipinski definition) is 3. The molecule has 1 aromatic carbocycles. The first-order chi connectivity index (χ1) is 8.70. The lowest BCUT2D eigenvalue weighted by Gasteiger charge is -1.99. The smallest absolute Gasteiger partial charge is 0.337 e. The van der Waals surface area contributed by atoms with Crippen LogP contribution >= 0.6 is 0 Å². The molecule has 0 radical (unpaired) electrons. The number of aromatic nitrogens is 2. The van der Waals surface area contributed by atoms with E-state index in [-0.39, 0.29) is 5.97 Å². The largest absolute Gasteiger partial charge is 0.465 e. The molecular formula is C14H14N2O2. The van der Waals surface area contributed by atoms with E-state index in [4.69, 9.17) is 0 Å². The van der Waals surface area contributed by atoms with Crippen molar-refractivity contribution in [3.63, 3.8) is 0 Å². The molecule has 4 heteroatoms. The fraction of sp³-hybridized carbons (Fsp3) is 0.143. The third kappa shape index (κ3) is 2.66. The molecule has 0 amide bonds. The highest BCUT2D eigenvalue weighted by molar-refractivity contribution is 5.89. The van der Waals surface area contributed by atoms with Crippen molar-refractivity contribution in [2.45, 2.75) is 0 Å². The van der Waals surface area contributed by atoms with Crippen molar-refractivity contribution < 1.29 is 9.53 Å². The summed E-state index contributed by atoms with van der Waals surface area (Å²) in [5.41, 5.74) is 1.55. The van der Waals surface area contributed by atoms with E-state index in [1.807, 2.05) is 42.1 Å². The number of methoxy groups -OCH3 is 1. The van der Waals surface area contributed by atoms with Crippen LogP contribution in [0.1, 0.15) is 21.7 Å². The molecular weight excluding hydrogens is 228 g/mol. The van der Waals surface area contributed by atoms with Gasteiger partial charge in [0.25, 0.3) is 0 Å². The fourth-order valence-corrected chi connectivity index (χ4v) is 1.56. The molecule has 0 atom stereocenters. The molecule has 18 heavy (non-hydrogen) atoms. The van der Waals surface area contributed by atoms with Gasteiger partial charge in [-0.1, -0.05) is 18.2 Å². The second-order valence-corrected chi connectivity index (χ2v) is 3.84. The van der Waals surface area contributed by atoms with Gasteiger partial charge < -0.3 is 9.30 Å². The van der Waals surface area contributed by atoms with E-state index in [1.165, 1.54) is 7.11 Å². The summed E-state index contributed by atoms with van der Waals surface area (Å²) in [7, 11) is 3.31. The van der Waals surface area contributed by atoms with Gasteiger partial charge in [0.1, 0.15) is 5.82 Å². The number of esters is 1. The molecule has 0 spiro atoms. The molecule has 1 heterocycles. The summed E-state index contributed by atoms with van der Waals surface area (Å²) >= 11 is 0. The van der Waals surface area contributed by atoms with Crippen molar-refractivity contribution in [1.29, 1.82) is 0 Å². The van der Waals surface area contributed by atoms with Crippen molar-refractivity contribution in [1.82, 2.24) is 9.55 Å². The Morgan fingerprint density at radius 1 is 1.28 bits per heavy atom. The number of benzene rings is 1. The molecule has 92 valence electrons. The molecule has 0 fully saturated rings. The summed E-state index contributed by atoms with van der Waals surface area (Å²) in [6.07, 6.45) is 7.51. The molecule has 2 aromatic rings. The molecule has 0 saturated carbocycles. The van der Waals surface area contributed by atoms with Gasteiger partial charge in [0, 0.05) is 19.4 Å². The number of imidazole rings is 1. The molecule has 0 aliphatic carbocycles. The average molecular weight is 242 g/mol. The van der Waals surface area contributed by atoms with Crippen molar-refractivity contribution in [3.05, 3.63) is 53.6 Å².